The molecule has 0 spiro atoms. The lowest BCUT2D eigenvalue weighted by Gasteiger charge is -2.11. The van der Waals surface area contributed by atoms with Crippen molar-refractivity contribution in [1.29, 1.82) is 0 Å². The highest BCUT2D eigenvalue weighted by molar-refractivity contribution is 7.85. The Kier molecular flexibility index (Phi) is 3.84. The standard InChI is InChI=1S/C13H20N2OS/c1-10(2)14-7-6-11-4-5-12-13(8-11)17(16)9-15(12)3/h4-5,8,10,14H,6-7,9H2,1-3H3. The van der Waals surface area contributed by atoms with E-state index in [1.54, 1.807) is 0 Å². The third kappa shape index (κ3) is 2.87. The first kappa shape index (κ1) is 12.6. The minimum absolute atomic E-state index is 0.518. The van der Waals surface area contributed by atoms with E-state index in [9.17, 15) is 4.21 Å². The Bertz CT molecular complexity index is 431. The van der Waals surface area contributed by atoms with E-state index in [1.165, 1.54) is 5.56 Å². The predicted molar refractivity (Wildman–Crippen MR) is 73.0 cm³/mol. The van der Waals surface area contributed by atoms with Gasteiger partial charge in [-0.15, -0.1) is 0 Å². The van der Waals surface area contributed by atoms with Crippen LogP contribution in [-0.4, -0.2) is 29.7 Å². The molecule has 1 aromatic carbocycles. The van der Waals surface area contributed by atoms with Gasteiger partial charge in [0.05, 0.1) is 27.3 Å². The molecule has 0 amide bonds. The average Bonchev–Trinajstić information content (AvgIpc) is 2.54. The normalized spacial score (nSPS) is 18.8. The SMILES string of the molecule is CC(C)NCCc1ccc2c(c1)S(=O)CN2C. The minimum Gasteiger partial charge on any atom is -0.361 e. The fourth-order valence-corrected chi connectivity index (χ4v) is 3.40. The quantitative estimate of drug-likeness (QED) is 0.886. The van der Waals surface area contributed by atoms with Gasteiger partial charge in [-0.2, -0.15) is 0 Å². The second-order valence-electron chi connectivity index (χ2n) is 4.83. The summed E-state index contributed by atoms with van der Waals surface area (Å²) in [6, 6.07) is 6.84. The molecule has 1 unspecified atom stereocenters. The lowest BCUT2D eigenvalue weighted by molar-refractivity contribution is 0.590. The summed E-state index contributed by atoms with van der Waals surface area (Å²) in [5, 5.41) is 3.40. The lowest BCUT2D eigenvalue weighted by Crippen LogP contribution is -2.24. The number of nitrogens with zero attached hydrogens (tertiary/aromatic N) is 1. The molecule has 17 heavy (non-hydrogen) atoms. The Morgan fingerprint density at radius 1 is 1.47 bits per heavy atom. The molecule has 3 nitrogen and oxygen atoms in total. The Hall–Kier alpha value is -0.870. The third-order valence-electron chi connectivity index (χ3n) is 2.96. The van der Waals surface area contributed by atoms with Crippen LogP contribution in [0, 0.1) is 0 Å². The molecular formula is C13H20N2OS. The van der Waals surface area contributed by atoms with Gasteiger partial charge in [-0.1, -0.05) is 19.9 Å². The van der Waals surface area contributed by atoms with Crippen molar-refractivity contribution in [2.24, 2.45) is 0 Å². The molecule has 0 radical (unpaired) electrons. The van der Waals surface area contributed by atoms with E-state index >= 15 is 0 Å². The van der Waals surface area contributed by atoms with Crippen molar-refractivity contribution in [3.63, 3.8) is 0 Å². The monoisotopic (exact) mass is 252 g/mol. The van der Waals surface area contributed by atoms with Crippen LogP contribution < -0.4 is 10.2 Å². The van der Waals surface area contributed by atoms with Crippen LogP contribution in [0.1, 0.15) is 19.4 Å². The maximum absolute atomic E-state index is 11.9. The molecular weight excluding hydrogens is 232 g/mol. The van der Waals surface area contributed by atoms with E-state index in [0.29, 0.717) is 11.9 Å². The lowest BCUT2D eigenvalue weighted by atomic mass is 10.1. The topological polar surface area (TPSA) is 32.3 Å². The number of rotatable bonds is 4. The Balaban J connectivity index is 2.07. The molecule has 1 aromatic rings. The molecule has 0 saturated carbocycles. The van der Waals surface area contributed by atoms with Crippen molar-refractivity contribution in [3.8, 4) is 0 Å². The second-order valence-corrected chi connectivity index (χ2v) is 6.22. The van der Waals surface area contributed by atoms with Crippen molar-refractivity contribution in [1.82, 2.24) is 5.32 Å². The van der Waals surface area contributed by atoms with Crippen LogP contribution in [0.5, 0.6) is 0 Å². The first-order valence-corrected chi connectivity index (χ1v) is 7.35. The Labute approximate surface area is 106 Å². The van der Waals surface area contributed by atoms with Gasteiger partial charge < -0.3 is 10.2 Å². The van der Waals surface area contributed by atoms with E-state index < -0.39 is 10.8 Å². The summed E-state index contributed by atoms with van der Waals surface area (Å²) in [6.45, 7) is 5.26. The van der Waals surface area contributed by atoms with Crippen LogP contribution in [0.3, 0.4) is 0 Å². The average molecular weight is 252 g/mol. The van der Waals surface area contributed by atoms with Gasteiger partial charge >= 0.3 is 0 Å². The second kappa shape index (κ2) is 5.19. The molecule has 1 N–H and O–H groups in total. The molecule has 0 saturated heterocycles. The van der Waals surface area contributed by atoms with Crippen LogP contribution in [0.2, 0.25) is 0 Å². The molecule has 1 aliphatic rings. The van der Waals surface area contributed by atoms with E-state index in [2.05, 4.69) is 42.3 Å². The van der Waals surface area contributed by atoms with Gasteiger partial charge in [0.2, 0.25) is 0 Å². The molecule has 0 bridgehead atoms. The first-order valence-electron chi connectivity index (χ1n) is 6.04. The zero-order valence-corrected chi connectivity index (χ0v) is 11.5. The highest BCUT2D eigenvalue weighted by Gasteiger charge is 2.22. The maximum atomic E-state index is 11.9. The molecule has 0 aliphatic carbocycles. The van der Waals surface area contributed by atoms with Gasteiger partial charge in [0.15, 0.2) is 0 Å². The number of anilines is 1. The zero-order valence-electron chi connectivity index (χ0n) is 10.7. The summed E-state index contributed by atoms with van der Waals surface area (Å²) in [6.07, 6.45) is 0.992. The van der Waals surface area contributed by atoms with Crippen LogP contribution in [-0.2, 0) is 17.2 Å². The summed E-state index contributed by atoms with van der Waals surface area (Å²) >= 11 is 0. The van der Waals surface area contributed by atoms with Gasteiger partial charge in [0.25, 0.3) is 0 Å². The largest absolute Gasteiger partial charge is 0.361 e. The number of hydrogen-bond donors (Lipinski definition) is 1. The Morgan fingerprint density at radius 3 is 2.94 bits per heavy atom. The molecule has 1 heterocycles. The first-order chi connectivity index (χ1) is 8.08. The Morgan fingerprint density at radius 2 is 2.24 bits per heavy atom. The van der Waals surface area contributed by atoms with E-state index in [-0.39, 0.29) is 0 Å². The van der Waals surface area contributed by atoms with Crippen molar-refractivity contribution < 1.29 is 4.21 Å². The number of hydrogen-bond acceptors (Lipinski definition) is 3. The van der Waals surface area contributed by atoms with Crippen molar-refractivity contribution >= 4 is 16.5 Å². The van der Waals surface area contributed by atoms with Crippen molar-refractivity contribution in [2.75, 3.05) is 24.4 Å². The minimum atomic E-state index is -0.847. The maximum Gasteiger partial charge on any atom is 0.0982 e. The fraction of sp³-hybridized carbons (Fsp3) is 0.538. The predicted octanol–water partition coefficient (Wildman–Crippen LogP) is 1.74. The molecule has 0 aromatic heterocycles. The highest BCUT2D eigenvalue weighted by atomic mass is 32.2. The van der Waals surface area contributed by atoms with Crippen molar-refractivity contribution in [2.45, 2.75) is 31.2 Å². The third-order valence-corrected chi connectivity index (χ3v) is 4.40. The van der Waals surface area contributed by atoms with E-state index in [4.69, 9.17) is 0 Å². The van der Waals surface area contributed by atoms with E-state index in [1.807, 2.05) is 7.05 Å². The number of nitrogens with one attached hydrogen (secondary N) is 1. The van der Waals surface area contributed by atoms with Gasteiger partial charge in [-0.25, -0.2) is 0 Å². The van der Waals surface area contributed by atoms with Crippen molar-refractivity contribution in [3.05, 3.63) is 23.8 Å². The highest BCUT2D eigenvalue weighted by Crippen LogP contribution is 2.30. The number of fused-ring (bicyclic) bond motifs is 1. The molecule has 2 rings (SSSR count). The van der Waals surface area contributed by atoms with Gasteiger partial charge in [-0.3, -0.25) is 4.21 Å². The molecule has 1 aliphatic heterocycles. The fourth-order valence-electron chi connectivity index (χ4n) is 2.03. The van der Waals surface area contributed by atoms with Crippen LogP contribution in [0.15, 0.2) is 23.1 Å². The van der Waals surface area contributed by atoms with Crippen LogP contribution >= 0.6 is 0 Å². The van der Waals surface area contributed by atoms with Gasteiger partial charge in [-0.05, 0) is 30.7 Å². The molecule has 1 atom stereocenters. The molecule has 0 fully saturated rings. The summed E-state index contributed by atoms with van der Waals surface area (Å²) in [5.74, 6) is 0.628. The summed E-state index contributed by atoms with van der Waals surface area (Å²) < 4.78 is 11.9. The van der Waals surface area contributed by atoms with Crippen LogP contribution in [0.25, 0.3) is 0 Å². The van der Waals surface area contributed by atoms with E-state index in [0.717, 1.165) is 23.5 Å². The van der Waals surface area contributed by atoms with Crippen LogP contribution in [0.4, 0.5) is 5.69 Å². The number of benzene rings is 1. The summed E-state index contributed by atoms with van der Waals surface area (Å²) in [4.78, 5) is 3.05. The summed E-state index contributed by atoms with van der Waals surface area (Å²) in [7, 11) is 1.14. The van der Waals surface area contributed by atoms with Gasteiger partial charge in [0.1, 0.15) is 0 Å². The summed E-state index contributed by atoms with van der Waals surface area (Å²) in [5.41, 5.74) is 2.38. The smallest absolute Gasteiger partial charge is 0.0982 e. The van der Waals surface area contributed by atoms with Gasteiger partial charge in [0, 0.05) is 13.1 Å². The molecule has 94 valence electrons. The zero-order chi connectivity index (χ0) is 12.4. The molecule has 4 heteroatoms.